The van der Waals surface area contributed by atoms with Crippen LogP contribution in [0.25, 0.3) is 0 Å². The van der Waals surface area contributed by atoms with Gasteiger partial charge in [0, 0.05) is 0 Å². The van der Waals surface area contributed by atoms with Crippen LogP contribution in [0.15, 0.2) is 24.3 Å². The SMILES string of the molecule is CNCC(=O)NC(c1cccc(C(F)(F)F)c1)C(C)(C)C.Cl. The minimum Gasteiger partial charge on any atom is -0.348 e. The first-order valence-corrected chi connectivity index (χ1v) is 6.67. The second-order valence-electron chi connectivity index (χ2n) is 6.02. The summed E-state index contributed by atoms with van der Waals surface area (Å²) in [6.07, 6.45) is -4.40. The monoisotopic (exact) mass is 338 g/mol. The van der Waals surface area contributed by atoms with Crippen molar-refractivity contribution in [1.29, 1.82) is 0 Å². The second kappa shape index (κ2) is 7.83. The fraction of sp³-hybridized carbons (Fsp3) is 0.533. The lowest BCUT2D eigenvalue weighted by Crippen LogP contribution is -2.40. The van der Waals surface area contributed by atoms with Crippen LogP contribution in [0.4, 0.5) is 13.2 Å². The summed E-state index contributed by atoms with van der Waals surface area (Å²) in [5.74, 6) is -0.255. The molecule has 3 nitrogen and oxygen atoms in total. The van der Waals surface area contributed by atoms with Crippen molar-refractivity contribution in [3.63, 3.8) is 0 Å². The molecule has 1 atom stereocenters. The summed E-state index contributed by atoms with van der Waals surface area (Å²) >= 11 is 0. The van der Waals surface area contributed by atoms with E-state index >= 15 is 0 Å². The Hall–Kier alpha value is -1.27. The molecule has 0 saturated heterocycles. The maximum absolute atomic E-state index is 12.8. The van der Waals surface area contributed by atoms with Crippen molar-refractivity contribution in [3.8, 4) is 0 Å². The minimum absolute atomic E-state index is 0. The Morgan fingerprint density at radius 3 is 2.27 bits per heavy atom. The Morgan fingerprint density at radius 2 is 1.82 bits per heavy atom. The smallest absolute Gasteiger partial charge is 0.348 e. The van der Waals surface area contributed by atoms with Gasteiger partial charge in [-0.15, -0.1) is 12.4 Å². The first kappa shape index (κ1) is 20.7. The first-order valence-electron chi connectivity index (χ1n) is 6.67. The van der Waals surface area contributed by atoms with E-state index in [2.05, 4.69) is 10.6 Å². The quantitative estimate of drug-likeness (QED) is 0.881. The van der Waals surface area contributed by atoms with Crippen LogP contribution in [0, 0.1) is 5.41 Å². The molecule has 0 aromatic heterocycles. The molecule has 0 bridgehead atoms. The van der Waals surface area contributed by atoms with Crippen molar-refractivity contribution in [2.45, 2.75) is 33.0 Å². The maximum Gasteiger partial charge on any atom is 0.416 e. The van der Waals surface area contributed by atoms with Gasteiger partial charge < -0.3 is 10.6 Å². The van der Waals surface area contributed by atoms with Crippen LogP contribution in [0.2, 0.25) is 0 Å². The number of carbonyl (C=O) groups excluding carboxylic acids is 1. The van der Waals surface area contributed by atoms with Gasteiger partial charge in [0.2, 0.25) is 5.91 Å². The zero-order chi connectivity index (χ0) is 16.3. The predicted octanol–water partition coefficient (Wildman–Crippen LogP) is 3.55. The Balaban J connectivity index is 0.00000441. The largest absolute Gasteiger partial charge is 0.416 e. The van der Waals surface area contributed by atoms with Gasteiger partial charge in [-0.25, -0.2) is 0 Å². The number of hydrogen-bond donors (Lipinski definition) is 2. The highest BCUT2D eigenvalue weighted by Gasteiger charge is 2.33. The predicted molar refractivity (Wildman–Crippen MR) is 83.0 cm³/mol. The Labute approximate surface area is 135 Å². The summed E-state index contributed by atoms with van der Waals surface area (Å²) in [5, 5.41) is 5.50. The van der Waals surface area contributed by atoms with Gasteiger partial charge in [-0.3, -0.25) is 4.79 Å². The van der Waals surface area contributed by atoms with Gasteiger partial charge in [-0.05, 0) is 30.2 Å². The highest BCUT2D eigenvalue weighted by molar-refractivity contribution is 5.85. The molecule has 0 spiro atoms. The molecule has 0 saturated carbocycles. The average molecular weight is 339 g/mol. The summed E-state index contributed by atoms with van der Waals surface area (Å²) < 4.78 is 38.4. The molecule has 1 rings (SSSR count). The Bertz CT molecular complexity index is 498. The van der Waals surface area contributed by atoms with Gasteiger partial charge in [0.25, 0.3) is 0 Å². The molecule has 1 aromatic rings. The number of carbonyl (C=O) groups is 1. The van der Waals surface area contributed by atoms with Crippen molar-refractivity contribution >= 4 is 18.3 Å². The van der Waals surface area contributed by atoms with Crippen molar-refractivity contribution in [3.05, 3.63) is 35.4 Å². The van der Waals surface area contributed by atoms with Crippen molar-refractivity contribution in [2.24, 2.45) is 5.41 Å². The Kier molecular flexibility index (Phi) is 7.38. The second-order valence-corrected chi connectivity index (χ2v) is 6.02. The van der Waals surface area contributed by atoms with Crippen LogP contribution < -0.4 is 10.6 Å². The first-order chi connectivity index (χ1) is 9.55. The zero-order valence-corrected chi connectivity index (χ0v) is 13.9. The van der Waals surface area contributed by atoms with Gasteiger partial charge >= 0.3 is 6.18 Å². The normalized spacial score (nSPS) is 13.2. The van der Waals surface area contributed by atoms with E-state index in [0.717, 1.165) is 12.1 Å². The molecule has 0 fully saturated rings. The number of amides is 1. The zero-order valence-electron chi connectivity index (χ0n) is 13.0. The standard InChI is InChI=1S/C15H21F3N2O.ClH/c1-14(2,3)13(20-12(21)9-19-4)10-6-5-7-11(8-10)15(16,17)18;/h5-8,13,19H,9H2,1-4H3,(H,20,21);1H. The van der Waals surface area contributed by atoms with Gasteiger partial charge in [-0.2, -0.15) is 13.2 Å². The van der Waals surface area contributed by atoms with Gasteiger partial charge in [0.15, 0.2) is 0 Å². The molecule has 7 heteroatoms. The molecule has 126 valence electrons. The van der Waals surface area contributed by atoms with E-state index in [1.165, 1.54) is 6.07 Å². The molecule has 1 aromatic carbocycles. The molecule has 1 unspecified atom stereocenters. The highest BCUT2D eigenvalue weighted by Crippen LogP contribution is 2.36. The maximum atomic E-state index is 12.8. The lowest BCUT2D eigenvalue weighted by atomic mass is 9.82. The lowest BCUT2D eigenvalue weighted by Gasteiger charge is -2.32. The van der Waals surface area contributed by atoms with Crippen molar-refractivity contribution in [1.82, 2.24) is 10.6 Å². The summed E-state index contributed by atoms with van der Waals surface area (Å²) in [7, 11) is 1.63. The fourth-order valence-electron chi connectivity index (χ4n) is 2.07. The number of likely N-dealkylation sites (N-methyl/N-ethyl adjacent to an activating group) is 1. The summed E-state index contributed by atoms with van der Waals surface area (Å²) in [5.41, 5.74) is -0.674. The number of nitrogens with one attached hydrogen (secondary N) is 2. The van der Waals surface area contributed by atoms with Crippen molar-refractivity contribution in [2.75, 3.05) is 13.6 Å². The van der Waals surface area contributed by atoms with E-state index in [9.17, 15) is 18.0 Å². The summed E-state index contributed by atoms with van der Waals surface area (Å²) in [4.78, 5) is 11.8. The van der Waals surface area contributed by atoms with E-state index in [1.807, 2.05) is 20.8 Å². The molecule has 22 heavy (non-hydrogen) atoms. The molecule has 0 aliphatic carbocycles. The summed E-state index contributed by atoms with van der Waals surface area (Å²) in [6, 6.07) is 4.58. The number of hydrogen-bond acceptors (Lipinski definition) is 2. The molecular weight excluding hydrogens is 317 g/mol. The highest BCUT2D eigenvalue weighted by atomic mass is 35.5. The van der Waals surface area contributed by atoms with E-state index in [-0.39, 0.29) is 24.9 Å². The molecule has 1 amide bonds. The van der Waals surface area contributed by atoms with E-state index < -0.39 is 23.2 Å². The minimum atomic E-state index is -4.40. The molecule has 2 N–H and O–H groups in total. The van der Waals surface area contributed by atoms with Gasteiger partial charge in [0.1, 0.15) is 0 Å². The molecule has 0 aliphatic rings. The molecular formula is C15H22ClF3N2O. The van der Waals surface area contributed by atoms with E-state index in [1.54, 1.807) is 13.1 Å². The number of rotatable bonds is 4. The van der Waals surface area contributed by atoms with E-state index in [0.29, 0.717) is 5.56 Å². The Morgan fingerprint density at radius 1 is 1.23 bits per heavy atom. The van der Waals surface area contributed by atoms with Crippen LogP contribution in [0.5, 0.6) is 0 Å². The third kappa shape index (κ3) is 5.85. The summed E-state index contributed by atoms with van der Waals surface area (Å²) in [6.45, 7) is 5.73. The average Bonchev–Trinajstić information content (AvgIpc) is 2.34. The van der Waals surface area contributed by atoms with Crippen molar-refractivity contribution < 1.29 is 18.0 Å². The van der Waals surface area contributed by atoms with Crippen LogP contribution in [-0.2, 0) is 11.0 Å². The van der Waals surface area contributed by atoms with E-state index in [4.69, 9.17) is 0 Å². The van der Waals surface area contributed by atoms with Crippen LogP contribution in [-0.4, -0.2) is 19.5 Å². The molecule has 0 heterocycles. The molecule has 0 aliphatic heterocycles. The van der Waals surface area contributed by atoms with Crippen LogP contribution >= 0.6 is 12.4 Å². The topological polar surface area (TPSA) is 41.1 Å². The van der Waals surface area contributed by atoms with Crippen LogP contribution in [0.1, 0.15) is 37.9 Å². The third-order valence-corrected chi connectivity index (χ3v) is 3.06. The molecule has 0 radical (unpaired) electrons. The lowest BCUT2D eigenvalue weighted by molar-refractivity contribution is -0.137. The van der Waals surface area contributed by atoms with Crippen LogP contribution in [0.3, 0.4) is 0 Å². The number of benzene rings is 1. The fourth-order valence-corrected chi connectivity index (χ4v) is 2.07. The van der Waals surface area contributed by atoms with Gasteiger partial charge in [-0.1, -0.05) is 32.9 Å². The number of alkyl halides is 3. The number of halogens is 4. The van der Waals surface area contributed by atoms with Gasteiger partial charge in [0.05, 0.1) is 18.2 Å². The third-order valence-electron chi connectivity index (χ3n) is 3.06.